The van der Waals surface area contributed by atoms with Gasteiger partial charge in [-0.2, -0.15) is 5.26 Å². The molecule has 0 spiro atoms. The van der Waals surface area contributed by atoms with Gasteiger partial charge in [0.05, 0.1) is 11.5 Å². The molecule has 0 fully saturated rings. The predicted octanol–water partition coefficient (Wildman–Crippen LogP) is 3.47. The van der Waals surface area contributed by atoms with Crippen molar-refractivity contribution in [2.75, 3.05) is 0 Å². The van der Waals surface area contributed by atoms with Gasteiger partial charge in [0.1, 0.15) is 23.2 Å². The number of aryl methyl sites for hydroxylation is 1. The van der Waals surface area contributed by atoms with Crippen molar-refractivity contribution in [2.24, 2.45) is 5.73 Å². The molecule has 2 N–H and O–H groups in total. The molecule has 0 amide bonds. The number of rotatable bonds is 1. The maximum Gasteiger partial charge on any atom is 0.343 e. The highest BCUT2D eigenvalue weighted by atomic mass is 35.5. The molecule has 0 saturated carbocycles. The third kappa shape index (κ3) is 2.56. The van der Waals surface area contributed by atoms with Gasteiger partial charge in [-0.25, -0.2) is 4.79 Å². The van der Waals surface area contributed by atoms with Crippen molar-refractivity contribution in [1.82, 2.24) is 0 Å². The summed E-state index contributed by atoms with van der Waals surface area (Å²) in [6, 6.07) is 8.34. The number of hydrogen-bond donors (Lipinski definition) is 1. The largest absolute Gasteiger partial charge is 0.440 e. The van der Waals surface area contributed by atoms with Gasteiger partial charge >= 0.3 is 5.63 Å². The van der Waals surface area contributed by atoms with Crippen LogP contribution in [-0.2, 0) is 0 Å². The van der Waals surface area contributed by atoms with Crippen molar-refractivity contribution in [2.45, 2.75) is 12.8 Å². The summed E-state index contributed by atoms with van der Waals surface area (Å²) < 4.78 is 10.6. The molecule has 1 unspecified atom stereocenters. The van der Waals surface area contributed by atoms with Crippen molar-refractivity contribution in [1.29, 1.82) is 5.26 Å². The van der Waals surface area contributed by atoms with E-state index < -0.39 is 11.5 Å². The number of hydrogen-bond acceptors (Lipinski definition) is 5. The van der Waals surface area contributed by atoms with Crippen molar-refractivity contribution in [3.8, 4) is 11.8 Å². The molecule has 0 bridgehead atoms. The van der Waals surface area contributed by atoms with Crippen LogP contribution in [0.4, 0.5) is 0 Å². The van der Waals surface area contributed by atoms with Crippen LogP contribution in [0.1, 0.15) is 22.8 Å². The summed E-state index contributed by atoms with van der Waals surface area (Å²) in [5.41, 5.74) is 6.05. The van der Waals surface area contributed by atoms with Gasteiger partial charge in [-0.3, -0.25) is 0 Å². The van der Waals surface area contributed by atoms with E-state index in [0.717, 1.165) is 0 Å². The molecule has 1 atom stereocenters. The fourth-order valence-electron chi connectivity index (χ4n) is 2.56. The van der Waals surface area contributed by atoms with E-state index in [1.807, 2.05) is 6.07 Å². The first kappa shape index (κ1) is 15.5. The third-order valence-electron chi connectivity index (χ3n) is 3.53. The van der Waals surface area contributed by atoms with Crippen LogP contribution in [0.25, 0.3) is 0 Å². The van der Waals surface area contributed by atoms with Gasteiger partial charge in [0.2, 0.25) is 5.88 Å². The Morgan fingerprint density at radius 3 is 2.70 bits per heavy atom. The molecule has 2 aromatic rings. The van der Waals surface area contributed by atoms with Crippen molar-refractivity contribution < 1.29 is 9.15 Å². The first-order chi connectivity index (χ1) is 10.9. The average molecular weight is 349 g/mol. The molecule has 23 heavy (non-hydrogen) atoms. The second-order valence-corrected chi connectivity index (χ2v) is 5.86. The summed E-state index contributed by atoms with van der Waals surface area (Å²) >= 11 is 12.2. The van der Waals surface area contributed by atoms with Gasteiger partial charge < -0.3 is 14.9 Å². The van der Waals surface area contributed by atoms with Crippen LogP contribution in [0.3, 0.4) is 0 Å². The molecule has 3 rings (SSSR count). The number of fused-ring (bicyclic) bond motifs is 1. The van der Waals surface area contributed by atoms with Crippen LogP contribution in [0.5, 0.6) is 5.75 Å². The zero-order valence-corrected chi connectivity index (χ0v) is 13.4. The average Bonchev–Trinajstić information content (AvgIpc) is 2.45. The quantitative estimate of drug-likeness (QED) is 0.851. The van der Waals surface area contributed by atoms with E-state index in [-0.39, 0.29) is 22.8 Å². The summed E-state index contributed by atoms with van der Waals surface area (Å²) in [4.78, 5) is 12.3. The smallest absolute Gasteiger partial charge is 0.343 e. The van der Waals surface area contributed by atoms with Crippen LogP contribution >= 0.6 is 23.2 Å². The number of nitrogens with two attached hydrogens (primary N) is 1. The van der Waals surface area contributed by atoms with E-state index in [2.05, 4.69) is 0 Å². The van der Waals surface area contributed by atoms with E-state index in [4.69, 9.17) is 38.1 Å². The highest BCUT2D eigenvalue weighted by Crippen LogP contribution is 2.43. The van der Waals surface area contributed by atoms with Gasteiger partial charge in [-0.15, -0.1) is 0 Å². The number of ether oxygens (including phenoxy) is 1. The summed E-state index contributed by atoms with van der Waals surface area (Å²) in [5, 5.41) is 10.2. The van der Waals surface area contributed by atoms with E-state index in [9.17, 15) is 10.1 Å². The molecule has 116 valence electrons. The Balaban J connectivity index is 2.34. The number of allylic oxidation sites excluding steroid dienone is 1. The Kier molecular flexibility index (Phi) is 3.80. The van der Waals surface area contributed by atoms with Gasteiger partial charge in [0.25, 0.3) is 0 Å². The molecule has 0 radical (unpaired) electrons. The normalized spacial score (nSPS) is 16.5. The van der Waals surface area contributed by atoms with E-state index >= 15 is 0 Å². The Morgan fingerprint density at radius 2 is 2.04 bits per heavy atom. The molecule has 1 aliphatic heterocycles. The second kappa shape index (κ2) is 5.65. The Bertz CT molecular complexity index is 941. The molecule has 1 aromatic heterocycles. The minimum atomic E-state index is -0.773. The molecule has 5 nitrogen and oxygen atoms in total. The van der Waals surface area contributed by atoms with Crippen LogP contribution < -0.4 is 16.1 Å². The molecule has 7 heteroatoms. The Labute approximate surface area is 141 Å². The number of halogens is 2. The SMILES string of the molecule is Cc1cc2c(c(=O)o1)C(c1ccc(Cl)cc1Cl)C(C#N)=C(N)O2. The topological polar surface area (TPSA) is 89.2 Å². The molecule has 1 aromatic carbocycles. The summed E-state index contributed by atoms with van der Waals surface area (Å²) in [7, 11) is 0. The van der Waals surface area contributed by atoms with E-state index in [1.54, 1.807) is 25.1 Å². The highest BCUT2D eigenvalue weighted by molar-refractivity contribution is 6.35. The number of nitrogens with zero attached hydrogens (tertiary/aromatic N) is 1. The fourth-order valence-corrected chi connectivity index (χ4v) is 3.08. The molecule has 0 saturated heterocycles. The van der Waals surface area contributed by atoms with Gasteiger partial charge in [-0.05, 0) is 24.6 Å². The highest BCUT2D eigenvalue weighted by Gasteiger charge is 2.35. The van der Waals surface area contributed by atoms with Crippen LogP contribution in [0.2, 0.25) is 10.0 Å². The first-order valence-corrected chi connectivity index (χ1v) is 7.35. The molecule has 1 aliphatic rings. The number of nitriles is 1. The first-order valence-electron chi connectivity index (χ1n) is 6.59. The second-order valence-electron chi connectivity index (χ2n) is 5.01. The lowest BCUT2D eigenvalue weighted by Crippen LogP contribution is -2.26. The van der Waals surface area contributed by atoms with Crippen molar-refractivity contribution >= 4 is 23.2 Å². The lowest BCUT2D eigenvalue weighted by atomic mass is 9.84. The zero-order valence-electron chi connectivity index (χ0n) is 11.9. The Morgan fingerprint density at radius 1 is 1.30 bits per heavy atom. The minimum Gasteiger partial charge on any atom is -0.440 e. The molecular weight excluding hydrogens is 339 g/mol. The fraction of sp³-hybridized carbons (Fsp3) is 0.125. The Hall–Kier alpha value is -2.42. The van der Waals surface area contributed by atoms with Crippen LogP contribution in [0.15, 0.2) is 44.9 Å². The van der Waals surface area contributed by atoms with Crippen molar-refractivity contribution in [3.63, 3.8) is 0 Å². The minimum absolute atomic E-state index is 0.0685. The standard InChI is InChI=1S/C16H10Cl2N2O3/c1-7-4-12-14(16(21)22-7)13(10(6-19)15(20)23-12)9-3-2-8(17)5-11(9)18/h2-5,13H,20H2,1H3. The third-order valence-corrected chi connectivity index (χ3v) is 4.09. The lowest BCUT2D eigenvalue weighted by molar-refractivity contribution is 0.371. The maximum absolute atomic E-state index is 12.3. The number of benzene rings is 1. The summed E-state index contributed by atoms with van der Waals surface area (Å²) in [6.07, 6.45) is 0. The van der Waals surface area contributed by atoms with Crippen LogP contribution in [-0.4, -0.2) is 0 Å². The predicted molar refractivity (Wildman–Crippen MR) is 85.5 cm³/mol. The van der Waals surface area contributed by atoms with Gasteiger partial charge in [-0.1, -0.05) is 29.3 Å². The van der Waals surface area contributed by atoms with Crippen LogP contribution in [0, 0.1) is 18.3 Å². The van der Waals surface area contributed by atoms with Gasteiger partial charge in [0.15, 0.2) is 0 Å². The molecule has 2 heterocycles. The van der Waals surface area contributed by atoms with Crippen molar-refractivity contribution in [3.05, 3.63) is 73.1 Å². The molecular formula is C16H10Cl2N2O3. The van der Waals surface area contributed by atoms with Gasteiger partial charge in [0, 0.05) is 16.1 Å². The van der Waals surface area contributed by atoms with E-state index in [0.29, 0.717) is 21.4 Å². The zero-order chi connectivity index (χ0) is 16.7. The van der Waals surface area contributed by atoms with E-state index in [1.165, 1.54) is 6.07 Å². The lowest BCUT2D eigenvalue weighted by Gasteiger charge is -2.25. The monoisotopic (exact) mass is 348 g/mol. The summed E-state index contributed by atoms with van der Waals surface area (Å²) in [5.74, 6) is -0.208. The summed E-state index contributed by atoms with van der Waals surface area (Å²) in [6.45, 7) is 1.62. The maximum atomic E-state index is 12.3. The molecule has 0 aliphatic carbocycles.